The first-order valence-electron chi connectivity index (χ1n) is 5.58. The monoisotopic (exact) mass is 267 g/mol. The van der Waals surface area contributed by atoms with Crippen LogP contribution in [0, 0.1) is 0 Å². The highest BCUT2D eigenvalue weighted by molar-refractivity contribution is 5.93. The Morgan fingerprint density at radius 3 is 1.62 bits per heavy atom. The summed E-state index contributed by atoms with van der Waals surface area (Å²) >= 11 is 0. The van der Waals surface area contributed by atoms with Crippen molar-refractivity contribution in [3.8, 4) is 0 Å². The second kappa shape index (κ2) is 12.7. The molecular weight excluding hydrogens is 258 g/mol. The van der Waals surface area contributed by atoms with E-state index in [9.17, 15) is 4.79 Å². The lowest BCUT2D eigenvalue weighted by Gasteiger charge is -1.93. The summed E-state index contributed by atoms with van der Waals surface area (Å²) in [5, 5.41) is 0. The summed E-state index contributed by atoms with van der Waals surface area (Å²) in [5.41, 5.74) is 39.7. The molecule has 0 radical (unpaired) electrons. The van der Waals surface area contributed by atoms with Crippen LogP contribution in [-0.2, 0) is 4.79 Å². The van der Waals surface area contributed by atoms with Crippen molar-refractivity contribution in [2.75, 3.05) is 0 Å². The third-order valence-electron chi connectivity index (χ3n) is 1.51. The third kappa shape index (κ3) is 12.5. The summed E-state index contributed by atoms with van der Waals surface area (Å²) in [6.45, 7) is 4.87. The maximum atomic E-state index is 11.1. The normalized spacial score (nSPS) is 6.95. The van der Waals surface area contributed by atoms with Crippen molar-refractivity contribution in [2.45, 2.75) is 13.0 Å². The SMILES string of the molecule is C=C=C=C=C=C=C=C=C=C=C=C=C=C=C=CC(=O)[C@H](C)N. The molecule has 0 aliphatic heterocycles. The summed E-state index contributed by atoms with van der Waals surface area (Å²) in [5.74, 6) is -0.246. The number of rotatable bonds is 2. The van der Waals surface area contributed by atoms with E-state index in [0.29, 0.717) is 0 Å². The molecule has 0 fully saturated rings. The Morgan fingerprint density at radius 2 is 1.24 bits per heavy atom. The molecule has 0 heterocycles. The second-order valence-electron chi connectivity index (χ2n) is 3.16. The maximum Gasteiger partial charge on any atom is 0.180 e. The fraction of sp³-hybridized carbons (Fsp3) is 0.105. The molecular formula is C19H9NO. The van der Waals surface area contributed by atoms with Crippen LogP contribution in [0.25, 0.3) is 0 Å². The lowest BCUT2D eigenvalue weighted by Crippen LogP contribution is -2.24. The zero-order valence-electron chi connectivity index (χ0n) is 11.3. The number of ketones is 1. The highest BCUT2D eigenvalue weighted by Gasteiger charge is 2.00. The predicted octanol–water partition coefficient (Wildman–Crippen LogP) is 2.26. The summed E-state index contributed by atoms with van der Waals surface area (Å²) in [6.07, 6.45) is 1.18. The maximum absolute atomic E-state index is 11.1. The summed E-state index contributed by atoms with van der Waals surface area (Å²) in [4.78, 5) is 11.1. The highest BCUT2D eigenvalue weighted by atomic mass is 16.1. The minimum absolute atomic E-state index is 0.246. The van der Waals surface area contributed by atoms with Gasteiger partial charge >= 0.3 is 0 Å². The molecule has 0 aromatic heterocycles. The third-order valence-corrected chi connectivity index (χ3v) is 1.51. The Morgan fingerprint density at radius 1 is 0.857 bits per heavy atom. The lowest BCUT2D eigenvalue weighted by atomic mass is 10.2. The van der Waals surface area contributed by atoms with Crippen molar-refractivity contribution in [1.82, 2.24) is 0 Å². The van der Waals surface area contributed by atoms with E-state index in [1.165, 1.54) is 6.08 Å². The van der Waals surface area contributed by atoms with Gasteiger partial charge in [-0.2, -0.15) is 0 Å². The van der Waals surface area contributed by atoms with Crippen LogP contribution in [0.4, 0.5) is 0 Å². The van der Waals surface area contributed by atoms with Gasteiger partial charge in [-0.25, -0.2) is 0 Å². The molecule has 96 valence electrons. The van der Waals surface area contributed by atoms with Crippen LogP contribution in [0.2, 0.25) is 0 Å². The second-order valence-corrected chi connectivity index (χ2v) is 3.16. The van der Waals surface area contributed by atoms with Gasteiger partial charge in [0, 0.05) is 6.08 Å². The van der Waals surface area contributed by atoms with Gasteiger partial charge in [0.2, 0.25) is 0 Å². The molecule has 1 atom stereocenters. The van der Waals surface area contributed by atoms with Gasteiger partial charge in [-0.05, 0) is 82.3 Å². The van der Waals surface area contributed by atoms with E-state index in [-0.39, 0.29) is 5.78 Å². The van der Waals surface area contributed by atoms with Crippen LogP contribution in [-0.4, -0.2) is 11.8 Å². The number of hydrogen-bond donors (Lipinski definition) is 1. The molecule has 0 bridgehead atoms. The quantitative estimate of drug-likeness (QED) is 0.616. The van der Waals surface area contributed by atoms with Gasteiger partial charge in [-0.1, -0.05) is 11.5 Å². The largest absolute Gasteiger partial charge is 0.321 e. The minimum atomic E-state index is -0.557. The number of carbonyl (C=O) groups is 1. The number of hydrogen-bond acceptors (Lipinski definition) is 2. The molecule has 21 heavy (non-hydrogen) atoms. The predicted molar refractivity (Wildman–Crippen MR) is 78.0 cm³/mol. The van der Waals surface area contributed by atoms with Crippen molar-refractivity contribution in [2.24, 2.45) is 5.73 Å². The lowest BCUT2D eigenvalue weighted by molar-refractivity contribution is -0.115. The van der Waals surface area contributed by atoms with Crippen LogP contribution in [0.3, 0.4) is 0 Å². The van der Waals surface area contributed by atoms with Gasteiger partial charge in [0.15, 0.2) is 5.78 Å². The Balaban J connectivity index is 5.49. The number of nitrogens with two attached hydrogens (primary N) is 1. The molecule has 2 N–H and O–H groups in total. The average molecular weight is 267 g/mol. The van der Waals surface area contributed by atoms with Crippen molar-refractivity contribution in [1.29, 1.82) is 0 Å². The van der Waals surface area contributed by atoms with Crippen molar-refractivity contribution in [3.05, 3.63) is 92.9 Å². The Hall–Kier alpha value is -3.71. The van der Waals surface area contributed by atoms with Gasteiger partial charge in [0.1, 0.15) is 0 Å². The van der Waals surface area contributed by atoms with Crippen molar-refractivity contribution in [3.63, 3.8) is 0 Å². The van der Waals surface area contributed by atoms with Crippen molar-refractivity contribution >= 4 is 5.78 Å². The van der Waals surface area contributed by atoms with E-state index in [2.05, 4.69) is 86.8 Å². The van der Waals surface area contributed by atoms with E-state index < -0.39 is 6.04 Å². The van der Waals surface area contributed by atoms with Gasteiger partial charge in [0.25, 0.3) is 0 Å². The van der Waals surface area contributed by atoms with E-state index in [0.717, 1.165) is 0 Å². The smallest absolute Gasteiger partial charge is 0.180 e. The first kappa shape index (κ1) is 17.3. The van der Waals surface area contributed by atoms with Gasteiger partial charge in [-0.3, -0.25) is 4.79 Å². The zero-order valence-corrected chi connectivity index (χ0v) is 11.3. The average Bonchev–Trinajstić information content (AvgIpc) is 2.47. The molecule has 2 heteroatoms. The van der Waals surface area contributed by atoms with E-state index in [1.54, 1.807) is 6.92 Å². The first-order chi connectivity index (χ1) is 10.2. The Kier molecular flexibility index (Phi) is 10.5. The van der Waals surface area contributed by atoms with Crippen molar-refractivity contribution < 1.29 is 4.79 Å². The van der Waals surface area contributed by atoms with Gasteiger partial charge in [-0.15, -0.1) is 0 Å². The topological polar surface area (TPSA) is 43.1 Å². The van der Waals surface area contributed by atoms with Gasteiger partial charge in [0.05, 0.1) is 6.04 Å². The van der Waals surface area contributed by atoms with Gasteiger partial charge < -0.3 is 5.73 Å². The molecule has 2 nitrogen and oxygen atoms in total. The number of carbonyl (C=O) groups excluding carboxylic acids is 1. The molecule has 0 saturated carbocycles. The summed E-state index contributed by atoms with van der Waals surface area (Å²) in [7, 11) is 0. The Bertz CT molecular complexity index is 934. The van der Waals surface area contributed by atoms with Crippen LogP contribution in [0.15, 0.2) is 92.9 Å². The molecule has 0 unspecified atom stereocenters. The van der Waals surface area contributed by atoms with Crippen LogP contribution in [0.5, 0.6) is 0 Å². The fourth-order valence-corrected chi connectivity index (χ4v) is 0.631. The molecule has 0 rings (SSSR count). The molecule has 0 spiro atoms. The highest BCUT2D eigenvalue weighted by Crippen LogP contribution is 1.79. The molecule has 0 amide bonds. The summed E-state index contributed by atoms with van der Waals surface area (Å²) < 4.78 is 0. The molecule has 0 aromatic carbocycles. The minimum Gasteiger partial charge on any atom is -0.321 e. The van der Waals surface area contributed by atoms with E-state index >= 15 is 0 Å². The first-order valence-corrected chi connectivity index (χ1v) is 5.58. The zero-order chi connectivity index (χ0) is 15.8. The summed E-state index contributed by atoms with van der Waals surface area (Å²) in [6, 6.07) is -0.557. The van der Waals surface area contributed by atoms with Crippen LogP contribution < -0.4 is 5.73 Å². The Labute approximate surface area is 122 Å². The van der Waals surface area contributed by atoms with E-state index in [1.807, 2.05) is 0 Å². The fourth-order valence-electron chi connectivity index (χ4n) is 0.631. The van der Waals surface area contributed by atoms with Crippen LogP contribution >= 0.6 is 0 Å². The molecule has 0 saturated heterocycles. The van der Waals surface area contributed by atoms with E-state index in [4.69, 9.17) is 5.73 Å². The molecule has 0 aliphatic rings. The molecule has 0 aliphatic carbocycles. The molecule has 0 aromatic rings. The van der Waals surface area contributed by atoms with Crippen LogP contribution in [0.1, 0.15) is 6.92 Å². The standard InChI is InChI=1S/C19H9NO/c1-3-4-5-6-7-8-9-10-11-12-13-14-15-16-17-19(21)18(2)20/h17-18H,1,20H2,2H3/t18-/m0/s1.